The summed E-state index contributed by atoms with van der Waals surface area (Å²) in [6.45, 7) is 6.02. The van der Waals surface area contributed by atoms with Gasteiger partial charge in [0.25, 0.3) is 6.47 Å². The van der Waals surface area contributed by atoms with Crippen LogP contribution in [0.4, 0.5) is 11.5 Å². The van der Waals surface area contributed by atoms with Gasteiger partial charge in [-0.1, -0.05) is 36.4 Å². The van der Waals surface area contributed by atoms with E-state index in [2.05, 4.69) is 57.2 Å². The molecule has 1 aromatic heterocycles. The molecule has 0 spiro atoms. The van der Waals surface area contributed by atoms with Crippen LogP contribution in [0.15, 0.2) is 54.6 Å². The zero-order chi connectivity index (χ0) is 24.7. The molecule has 0 radical (unpaired) electrons. The lowest BCUT2D eigenvalue weighted by molar-refractivity contribution is -0.130. The van der Waals surface area contributed by atoms with Crippen LogP contribution < -0.4 is 14.5 Å². The van der Waals surface area contributed by atoms with Crippen LogP contribution in [-0.4, -0.2) is 68.3 Å². The van der Waals surface area contributed by atoms with Gasteiger partial charge in [-0.25, -0.2) is 0 Å². The molecule has 2 aliphatic rings. The van der Waals surface area contributed by atoms with E-state index in [0.29, 0.717) is 37.6 Å². The van der Waals surface area contributed by atoms with E-state index in [1.54, 1.807) is 0 Å². The number of aromatic nitrogens is 1. The third kappa shape index (κ3) is 5.44. The van der Waals surface area contributed by atoms with Crippen molar-refractivity contribution in [2.75, 3.05) is 55.9 Å². The van der Waals surface area contributed by atoms with Crippen molar-refractivity contribution in [3.05, 3.63) is 60.2 Å². The molecule has 0 N–H and O–H groups in total. The summed E-state index contributed by atoms with van der Waals surface area (Å²) in [7, 11) is 0. The van der Waals surface area contributed by atoms with Crippen LogP contribution in [-0.2, 0) is 20.7 Å². The number of aryl methyl sites for hydroxylation is 1. The molecular formula is C28H32N4O4. The van der Waals surface area contributed by atoms with Gasteiger partial charge in [-0.15, -0.1) is 0 Å². The van der Waals surface area contributed by atoms with Gasteiger partial charge in [0, 0.05) is 49.7 Å². The molecule has 2 aliphatic heterocycles. The molecular weight excluding hydrogens is 456 g/mol. The first-order chi connectivity index (χ1) is 17.7. The fourth-order valence-electron chi connectivity index (χ4n) is 5.01. The Morgan fingerprint density at radius 2 is 1.75 bits per heavy atom. The summed E-state index contributed by atoms with van der Waals surface area (Å²) in [5, 5.41) is 2.62. The smallest absolute Gasteiger partial charge is 0.294 e. The largest absolute Gasteiger partial charge is 0.478 e. The first-order valence-electron chi connectivity index (χ1n) is 12.7. The van der Waals surface area contributed by atoms with Crippen molar-refractivity contribution >= 4 is 34.7 Å². The molecule has 0 saturated carbocycles. The van der Waals surface area contributed by atoms with Gasteiger partial charge in [-0.05, 0) is 48.9 Å². The summed E-state index contributed by atoms with van der Waals surface area (Å²) in [5.74, 6) is 0.910. The van der Waals surface area contributed by atoms with E-state index in [1.165, 1.54) is 21.4 Å². The highest BCUT2D eigenvalue weighted by molar-refractivity contribution is 5.95. The van der Waals surface area contributed by atoms with Crippen LogP contribution in [0, 0.1) is 0 Å². The third-order valence-electron chi connectivity index (χ3n) is 6.97. The van der Waals surface area contributed by atoms with E-state index < -0.39 is 0 Å². The number of hydrogen-bond donors (Lipinski definition) is 0. The van der Waals surface area contributed by atoms with Gasteiger partial charge in [-0.3, -0.25) is 19.4 Å². The number of amides is 1. The Kier molecular flexibility index (Phi) is 7.61. The van der Waals surface area contributed by atoms with Gasteiger partial charge in [0.05, 0.1) is 6.61 Å². The number of anilines is 2. The van der Waals surface area contributed by atoms with Crippen LogP contribution in [0.2, 0.25) is 0 Å². The van der Waals surface area contributed by atoms with Crippen LogP contribution >= 0.6 is 0 Å². The normalized spacial score (nSPS) is 16.2. The van der Waals surface area contributed by atoms with E-state index in [0.717, 1.165) is 51.1 Å². The Balaban J connectivity index is 1.06. The molecule has 1 amide bonds. The number of hydrogen-bond acceptors (Lipinski definition) is 7. The number of piperazine rings is 1. The molecule has 0 bridgehead atoms. The van der Waals surface area contributed by atoms with E-state index in [4.69, 9.17) is 9.47 Å². The number of carbonyl (C=O) groups excluding carboxylic acids is 2. The van der Waals surface area contributed by atoms with E-state index in [-0.39, 0.29) is 12.6 Å². The fourth-order valence-corrected chi connectivity index (χ4v) is 5.01. The number of fused-ring (bicyclic) bond motifs is 2. The van der Waals surface area contributed by atoms with Crippen LogP contribution in [0.1, 0.15) is 24.8 Å². The van der Waals surface area contributed by atoms with Crippen molar-refractivity contribution in [1.29, 1.82) is 0 Å². The van der Waals surface area contributed by atoms with Gasteiger partial charge < -0.3 is 14.4 Å². The summed E-state index contributed by atoms with van der Waals surface area (Å²) in [5.41, 5.74) is 2.29. The number of benzene rings is 2. The number of unbranched alkanes of at least 4 members (excludes halogenated alkanes) is 1. The highest BCUT2D eigenvalue weighted by Crippen LogP contribution is 2.29. The Hall–Kier alpha value is -3.65. The number of carbonyl (C=O) groups is 2. The molecule has 0 atom stereocenters. The lowest BCUT2D eigenvalue weighted by Gasteiger charge is -2.36. The maximum absolute atomic E-state index is 12.2. The van der Waals surface area contributed by atoms with Crippen molar-refractivity contribution in [2.45, 2.75) is 25.7 Å². The van der Waals surface area contributed by atoms with Crippen molar-refractivity contribution in [3.63, 3.8) is 0 Å². The van der Waals surface area contributed by atoms with Gasteiger partial charge in [0.15, 0.2) is 6.73 Å². The Morgan fingerprint density at radius 3 is 2.61 bits per heavy atom. The van der Waals surface area contributed by atoms with E-state index >= 15 is 0 Å². The summed E-state index contributed by atoms with van der Waals surface area (Å²) in [6, 6.07) is 18.9. The summed E-state index contributed by atoms with van der Waals surface area (Å²) >= 11 is 0. The standard InChI is InChI=1S/C28H32N4O4/c33-21-35-20-32-27(34)13-11-23-10-12-26(29-28(23)32)36-19-4-3-14-30-15-17-31(18-16-30)25-9-5-7-22-6-1-2-8-24(22)25/h1-2,5-10,12,21H,3-4,11,13-20H2. The fraction of sp³-hybridized carbons (Fsp3) is 0.393. The molecule has 8 heteroatoms. The van der Waals surface area contributed by atoms with Crippen molar-refractivity contribution in [2.24, 2.45) is 0 Å². The third-order valence-corrected chi connectivity index (χ3v) is 6.97. The minimum atomic E-state index is -0.125. The zero-order valence-electron chi connectivity index (χ0n) is 20.5. The highest BCUT2D eigenvalue weighted by Gasteiger charge is 2.26. The monoisotopic (exact) mass is 488 g/mol. The van der Waals surface area contributed by atoms with E-state index in [9.17, 15) is 9.59 Å². The predicted molar refractivity (Wildman–Crippen MR) is 139 cm³/mol. The molecule has 0 unspecified atom stereocenters. The minimum Gasteiger partial charge on any atom is -0.478 e. The van der Waals surface area contributed by atoms with Crippen molar-refractivity contribution in [1.82, 2.24) is 9.88 Å². The Labute approximate surface area is 211 Å². The average Bonchev–Trinajstić information content (AvgIpc) is 2.92. The Bertz CT molecular complexity index is 1200. The maximum atomic E-state index is 12.2. The molecule has 188 valence electrons. The lowest BCUT2D eigenvalue weighted by Crippen LogP contribution is -2.46. The second-order valence-electron chi connectivity index (χ2n) is 9.23. The average molecular weight is 489 g/mol. The summed E-state index contributed by atoms with van der Waals surface area (Å²) in [4.78, 5) is 33.7. The van der Waals surface area contributed by atoms with Crippen molar-refractivity contribution < 1.29 is 19.1 Å². The van der Waals surface area contributed by atoms with Gasteiger partial charge in [0.2, 0.25) is 11.8 Å². The molecule has 3 heterocycles. The van der Waals surface area contributed by atoms with Crippen LogP contribution in [0.3, 0.4) is 0 Å². The van der Waals surface area contributed by atoms with Crippen LogP contribution in [0.5, 0.6) is 5.88 Å². The molecule has 36 heavy (non-hydrogen) atoms. The maximum Gasteiger partial charge on any atom is 0.294 e. The molecule has 2 aromatic carbocycles. The first-order valence-corrected chi connectivity index (χ1v) is 12.7. The molecule has 1 fully saturated rings. The molecule has 8 nitrogen and oxygen atoms in total. The number of pyridine rings is 1. The number of nitrogens with zero attached hydrogens (tertiary/aromatic N) is 4. The molecule has 1 saturated heterocycles. The molecule has 5 rings (SSSR count). The van der Waals surface area contributed by atoms with E-state index in [1.807, 2.05) is 12.1 Å². The Morgan fingerprint density at radius 1 is 0.917 bits per heavy atom. The SMILES string of the molecule is O=COCN1C(=O)CCc2ccc(OCCCCN3CCN(c4cccc5ccccc45)CC3)nc21. The van der Waals surface area contributed by atoms with Crippen LogP contribution in [0.25, 0.3) is 10.8 Å². The second kappa shape index (κ2) is 11.4. The minimum absolute atomic E-state index is 0.102. The zero-order valence-corrected chi connectivity index (χ0v) is 20.5. The number of rotatable bonds is 10. The molecule has 3 aromatic rings. The summed E-state index contributed by atoms with van der Waals surface area (Å²) < 4.78 is 10.7. The van der Waals surface area contributed by atoms with Crippen molar-refractivity contribution in [3.8, 4) is 5.88 Å². The lowest BCUT2D eigenvalue weighted by atomic mass is 10.1. The first kappa shape index (κ1) is 24.1. The highest BCUT2D eigenvalue weighted by atomic mass is 16.5. The quantitative estimate of drug-likeness (QED) is 0.319. The summed E-state index contributed by atoms with van der Waals surface area (Å²) in [6.07, 6.45) is 3.00. The number of ether oxygens (including phenoxy) is 2. The van der Waals surface area contributed by atoms with Gasteiger partial charge >= 0.3 is 0 Å². The predicted octanol–water partition coefficient (Wildman–Crippen LogP) is 3.63. The second-order valence-corrected chi connectivity index (χ2v) is 9.23. The molecule has 0 aliphatic carbocycles. The van der Waals surface area contributed by atoms with Gasteiger partial charge in [0.1, 0.15) is 5.82 Å². The topological polar surface area (TPSA) is 75.2 Å². The van der Waals surface area contributed by atoms with Gasteiger partial charge in [-0.2, -0.15) is 4.98 Å².